The summed E-state index contributed by atoms with van der Waals surface area (Å²) in [6, 6.07) is 7.71. The first kappa shape index (κ1) is 20.8. The standard InChI is InChI=1S/C20H17Cl2N3O4/c1-4-29-20(28)25-16-10-12(21)5-6-14(16)17(24(3)11(2)26)18(25)19(27)15-9-13(22)7-8-23-15/h5-10H,4H2,1-3H3. The Morgan fingerprint density at radius 1 is 1.14 bits per heavy atom. The summed E-state index contributed by atoms with van der Waals surface area (Å²) in [7, 11) is 1.52. The number of hydrogen-bond donors (Lipinski definition) is 0. The van der Waals surface area contributed by atoms with E-state index in [0.717, 1.165) is 4.57 Å². The summed E-state index contributed by atoms with van der Waals surface area (Å²) >= 11 is 12.1. The van der Waals surface area contributed by atoms with E-state index in [2.05, 4.69) is 4.98 Å². The number of carbonyl (C=O) groups excluding carboxylic acids is 3. The monoisotopic (exact) mass is 433 g/mol. The van der Waals surface area contributed by atoms with Crippen molar-refractivity contribution in [2.75, 3.05) is 18.6 Å². The number of anilines is 1. The van der Waals surface area contributed by atoms with Crippen LogP contribution in [-0.4, -0.2) is 41.0 Å². The van der Waals surface area contributed by atoms with Crippen molar-refractivity contribution < 1.29 is 19.1 Å². The van der Waals surface area contributed by atoms with Crippen molar-refractivity contribution in [2.45, 2.75) is 13.8 Å². The fourth-order valence-corrected chi connectivity index (χ4v) is 3.30. The van der Waals surface area contributed by atoms with Crippen LogP contribution in [0, 0.1) is 0 Å². The van der Waals surface area contributed by atoms with Crippen molar-refractivity contribution in [3.05, 3.63) is 58.0 Å². The average Bonchev–Trinajstić information content (AvgIpc) is 3.00. The Bertz CT molecular complexity index is 1140. The number of ketones is 1. The molecule has 0 bridgehead atoms. The third kappa shape index (κ3) is 3.83. The lowest BCUT2D eigenvalue weighted by atomic mass is 10.1. The Kier molecular flexibility index (Phi) is 5.91. The number of amides is 1. The van der Waals surface area contributed by atoms with Crippen molar-refractivity contribution in [3.63, 3.8) is 0 Å². The molecular weight excluding hydrogens is 417 g/mol. The maximum atomic E-state index is 13.4. The van der Waals surface area contributed by atoms with Gasteiger partial charge in [0.25, 0.3) is 0 Å². The number of rotatable bonds is 4. The normalized spacial score (nSPS) is 10.8. The molecule has 0 N–H and O–H groups in total. The molecule has 150 valence electrons. The Balaban J connectivity index is 2.42. The molecule has 0 saturated heterocycles. The molecule has 0 unspecified atom stereocenters. The van der Waals surface area contributed by atoms with E-state index in [-0.39, 0.29) is 29.6 Å². The second-order valence-electron chi connectivity index (χ2n) is 6.16. The van der Waals surface area contributed by atoms with Gasteiger partial charge in [-0.25, -0.2) is 9.36 Å². The number of aromatic nitrogens is 2. The number of halogens is 2. The smallest absolute Gasteiger partial charge is 0.419 e. The zero-order valence-corrected chi connectivity index (χ0v) is 17.4. The fourth-order valence-electron chi connectivity index (χ4n) is 2.98. The molecular formula is C20H17Cl2N3O4. The number of ether oxygens (including phenoxy) is 1. The summed E-state index contributed by atoms with van der Waals surface area (Å²) in [4.78, 5) is 43.7. The van der Waals surface area contributed by atoms with Gasteiger partial charge in [-0.15, -0.1) is 0 Å². The SMILES string of the molecule is CCOC(=O)n1c(C(=O)c2cc(Cl)ccn2)c(N(C)C(C)=O)c2ccc(Cl)cc21. The van der Waals surface area contributed by atoms with Crippen LogP contribution in [0.2, 0.25) is 10.0 Å². The summed E-state index contributed by atoms with van der Waals surface area (Å²) in [5.74, 6) is -0.910. The van der Waals surface area contributed by atoms with Gasteiger partial charge in [-0.2, -0.15) is 0 Å². The summed E-state index contributed by atoms with van der Waals surface area (Å²) in [5.41, 5.74) is 0.553. The topological polar surface area (TPSA) is 81.5 Å². The molecule has 0 saturated carbocycles. The molecule has 0 radical (unpaired) electrons. The Labute approximate surface area is 176 Å². The predicted molar refractivity (Wildman–Crippen MR) is 111 cm³/mol. The van der Waals surface area contributed by atoms with Gasteiger partial charge in [0, 0.05) is 35.6 Å². The van der Waals surface area contributed by atoms with Crippen molar-refractivity contribution in [2.24, 2.45) is 0 Å². The van der Waals surface area contributed by atoms with Crippen molar-refractivity contribution in [1.29, 1.82) is 0 Å². The van der Waals surface area contributed by atoms with Crippen LogP contribution in [0.25, 0.3) is 10.9 Å². The molecule has 0 spiro atoms. The quantitative estimate of drug-likeness (QED) is 0.563. The molecule has 2 aromatic heterocycles. The first-order valence-corrected chi connectivity index (χ1v) is 9.43. The average molecular weight is 434 g/mol. The second kappa shape index (κ2) is 8.23. The molecule has 1 aromatic carbocycles. The zero-order chi connectivity index (χ0) is 21.3. The molecule has 0 aliphatic rings. The lowest BCUT2D eigenvalue weighted by Crippen LogP contribution is -2.27. The van der Waals surface area contributed by atoms with Crippen molar-refractivity contribution >= 4 is 57.6 Å². The molecule has 0 fully saturated rings. The largest absolute Gasteiger partial charge is 0.449 e. The molecule has 3 aromatic rings. The number of nitrogens with zero attached hydrogens (tertiary/aromatic N) is 3. The van der Waals surface area contributed by atoms with Gasteiger partial charge in [-0.3, -0.25) is 14.6 Å². The lowest BCUT2D eigenvalue weighted by Gasteiger charge is -2.17. The highest BCUT2D eigenvalue weighted by Crippen LogP contribution is 2.36. The minimum absolute atomic E-state index is 0.0233. The Morgan fingerprint density at radius 2 is 1.83 bits per heavy atom. The van der Waals surface area contributed by atoms with Crippen LogP contribution in [0.3, 0.4) is 0 Å². The van der Waals surface area contributed by atoms with E-state index >= 15 is 0 Å². The first-order valence-electron chi connectivity index (χ1n) is 8.67. The highest BCUT2D eigenvalue weighted by Gasteiger charge is 2.31. The first-order chi connectivity index (χ1) is 13.8. The molecule has 0 aliphatic carbocycles. The maximum absolute atomic E-state index is 13.4. The number of carbonyl (C=O) groups is 3. The van der Waals surface area contributed by atoms with Crippen LogP contribution in [0.15, 0.2) is 36.5 Å². The second-order valence-corrected chi connectivity index (χ2v) is 7.03. The minimum atomic E-state index is -0.770. The van der Waals surface area contributed by atoms with Gasteiger partial charge in [0.15, 0.2) is 0 Å². The zero-order valence-electron chi connectivity index (χ0n) is 15.9. The van der Waals surface area contributed by atoms with Crippen LogP contribution < -0.4 is 4.90 Å². The predicted octanol–water partition coefficient (Wildman–Crippen LogP) is 4.56. The van der Waals surface area contributed by atoms with E-state index in [1.54, 1.807) is 19.1 Å². The Hall–Kier alpha value is -2.90. The van der Waals surface area contributed by atoms with Gasteiger partial charge >= 0.3 is 6.09 Å². The third-order valence-electron chi connectivity index (χ3n) is 4.33. The summed E-state index contributed by atoms with van der Waals surface area (Å²) in [6.07, 6.45) is 0.617. The molecule has 1 amide bonds. The highest BCUT2D eigenvalue weighted by atomic mass is 35.5. The molecule has 0 aliphatic heterocycles. The number of hydrogen-bond acceptors (Lipinski definition) is 5. The molecule has 29 heavy (non-hydrogen) atoms. The van der Waals surface area contributed by atoms with Gasteiger partial charge in [0.2, 0.25) is 11.7 Å². The van der Waals surface area contributed by atoms with Crippen LogP contribution in [0.5, 0.6) is 0 Å². The number of fused-ring (bicyclic) bond motifs is 1. The molecule has 9 heteroatoms. The number of pyridine rings is 1. The molecule has 0 atom stereocenters. The van der Waals surface area contributed by atoms with Gasteiger partial charge < -0.3 is 9.64 Å². The van der Waals surface area contributed by atoms with E-state index in [4.69, 9.17) is 27.9 Å². The maximum Gasteiger partial charge on any atom is 0.419 e. The summed E-state index contributed by atoms with van der Waals surface area (Å²) < 4.78 is 6.27. The van der Waals surface area contributed by atoms with Gasteiger partial charge in [-0.1, -0.05) is 23.2 Å². The van der Waals surface area contributed by atoms with Crippen LogP contribution in [0.4, 0.5) is 10.5 Å². The summed E-state index contributed by atoms with van der Waals surface area (Å²) in [5, 5.41) is 1.16. The van der Waals surface area contributed by atoms with E-state index in [1.807, 2.05) is 0 Å². The fraction of sp³-hybridized carbons (Fsp3) is 0.200. The number of benzene rings is 1. The van der Waals surface area contributed by atoms with Crippen LogP contribution in [-0.2, 0) is 9.53 Å². The van der Waals surface area contributed by atoms with E-state index < -0.39 is 11.9 Å². The molecule has 2 heterocycles. The van der Waals surface area contributed by atoms with Gasteiger partial charge in [0.1, 0.15) is 11.4 Å². The lowest BCUT2D eigenvalue weighted by molar-refractivity contribution is -0.116. The molecule has 3 rings (SSSR count). The summed E-state index contributed by atoms with van der Waals surface area (Å²) in [6.45, 7) is 3.11. The minimum Gasteiger partial charge on any atom is -0.449 e. The van der Waals surface area contributed by atoms with Crippen LogP contribution in [0.1, 0.15) is 30.0 Å². The highest BCUT2D eigenvalue weighted by molar-refractivity contribution is 6.32. The van der Waals surface area contributed by atoms with E-state index in [1.165, 1.54) is 43.3 Å². The third-order valence-corrected chi connectivity index (χ3v) is 4.80. The Morgan fingerprint density at radius 3 is 2.45 bits per heavy atom. The van der Waals surface area contributed by atoms with Gasteiger partial charge in [-0.05, 0) is 37.3 Å². The van der Waals surface area contributed by atoms with Crippen molar-refractivity contribution in [1.82, 2.24) is 9.55 Å². The van der Waals surface area contributed by atoms with Crippen molar-refractivity contribution in [3.8, 4) is 0 Å². The van der Waals surface area contributed by atoms with Gasteiger partial charge in [0.05, 0.1) is 17.8 Å². The van der Waals surface area contributed by atoms with E-state index in [0.29, 0.717) is 20.9 Å². The van der Waals surface area contributed by atoms with Crippen LogP contribution >= 0.6 is 23.2 Å². The molecule has 7 nitrogen and oxygen atoms in total. The van der Waals surface area contributed by atoms with E-state index in [9.17, 15) is 14.4 Å².